The van der Waals surface area contributed by atoms with Crippen molar-refractivity contribution in [3.8, 4) is 0 Å². The molecule has 0 spiro atoms. The lowest BCUT2D eigenvalue weighted by Crippen LogP contribution is -2.44. The predicted molar refractivity (Wildman–Crippen MR) is 67.5 cm³/mol. The summed E-state index contributed by atoms with van der Waals surface area (Å²) in [7, 11) is 0. The van der Waals surface area contributed by atoms with E-state index in [0.717, 1.165) is 24.3 Å². The van der Waals surface area contributed by atoms with Gasteiger partial charge < -0.3 is 10.1 Å². The summed E-state index contributed by atoms with van der Waals surface area (Å²) < 4.78 is 6.32. The van der Waals surface area contributed by atoms with E-state index in [1.165, 1.54) is 32.2 Å². The van der Waals surface area contributed by atoms with Gasteiger partial charge in [-0.3, -0.25) is 0 Å². The van der Waals surface area contributed by atoms with Gasteiger partial charge in [-0.25, -0.2) is 0 Å². The van der Waals surface area contributed by atoms with E-state index in [1.54, 1.807) is 0 Å². The van der Waals surface area contributed by atoms with Gasteiger partial charge in [0.1, 0.15) is 0 Å². The molecule has 1 heterocycles. The lowest BCUT2D eigenvalue weighted by Gasteiger charge is -2.37. The first-order valence-electron chi connectivity index (χ1n) is 7.01. The summed E-state index contributed by atoms with van der Waals surface area (Å²) in [5.74, 6) is 2.43. The highest BCUT2D eigenvalue weighted by Gasteiger charge is 2.29. The van der Waals surface area contributed by atoms with Gasteiger partial charge in [-0.2, -0.15) is 0 Å². The van der Waals surface area contributed by atoms with Crippen LogP contribution in [0.15, 0.2) is 0 Å². The second kappa shape index (κ2) is 5.50. The standard InChI is InChI=1S/C14H27NO/c1-10-6-11(2)8-13(7-10)16-14-9-15-5-4-12(14)3/h10-15H,4-9H2,1-3H3. The summed E-state index contributed by atoms with van der Waals surface area (Å²) >= 11 is 0. The Balaban J connectivity index is 1.83. The van der Waals surface area contributed by atoms with Crippen LogP contribution in [0.5, 0.6) is 0 Å². The average Bonchev–Trinajstić information content (AvgIpc) is 2.20. The second-order valence-corrected chi connectivity index (χ2v) is 6.18. The molecule has 1 aliphatic heterocycles. The third kappa shape index (κ3) is 3.21. The average molecular weight is 225 g/mol. The number of rotatable bonds is 2. The lowest BCUT2D eigenvalue weighted by molar-refractivity contribution is -0.0761. The molecule has 2 rings (SSSR count). The molecule has 94 valence electrons. The highest BCUT2D eigenvalue weighted by atomic mass is 16.5. The van der Waals surface area contributed by atoms with E-state index in [0.29, 0.717) is 12.2 Å². The Morgan fingerprint density at radius 2 is 1.69 bits per heavy atom. The zero-order valence-corrected chi connectivity index (χ0v) is 11.0. The molecular formula is C14H27NO. The Kier molecular flexibility index (Phi) is 4.26. The molecule has 2 nitrogen and oxygen atoms in total. The van der Waals surface area contributed by atoms with Gasteiger partial charge in [0.2, 0.25) is 0 Å². The topological polar surface area (TPSA) is 21.3 Å². The minimum absolute atomic E-state index is 0.455. The number of hydrogen-bond acceptors (Lipinski definition) is 2. The number of hydrogen-bond donors (Lipinski definition) is 1. The highest BCUT2D eigenvalue weighted by Crippen LogP contribution is 2.32. The minimum Gasteiger partial charge on any atom is -0.373 e. The normalized spacial score (nSPS) is 45.6. The molecule has 4 unspecified atom stereocenters. The Morgan fingerprint density at radius 1 is 1.00 bits per heavy atom. The predicted octanol–water partition coefficient (Wildman–Crippen LogP) is 2.83. The van der Waals surface area contributed by atoms with E-state index in [9.17, 15) is 0 Å². The molecule has 0 aromatic heterocycles. The van der Waals surface area contributed by atoms with Gasteiger partial charge in [0.25, 0.3) is 0 Å². The molecule has 4 atom stereocenters. The van der Waals surface area contributed by atoms with Gasteiger partial charge in [0.15, 0.2) is 0 Å². The van der Waals surface area contributed by atoms with Crippen LogP contribution in [0.25, 0.3) is 0 Å². The number of piperidine rings is 1. The van der Waals surface area contributed by atoms with Crippen molar-refractivity contribution in [3.63, 3.8) is 0 Å². The molecule has 0 aromatic rings. The fourth-order valence-electron chi connectivity index (χ4n) is 3.37. The third-order valence-corrected chi connectivity index (χ3v) is 4.26. The first-order chi connectivity index (χ1) is 7.65. The van der Waals surface area contributed by atoms with Gasteiger partial charge in [-0.05, 0) is 50.0 Å². The summed E-state index contributed by atoms with van der Waals surface area (Å²) in [6.45, 7) is 9.29. The van der Waals surface area contributed by atoms with Crippen LogP contribution < -0.4 is 5.32 Å². The molecule has 0 radical (unpaired) electrons. The molecule has 1 saturated carbocycles. The fraction of sp³-hybridized carbons (Fsp3) is 1.00. The van der Waals surface area contributed by atoms with Crippen molar-refractivity contribution in [2.24, 2.45) is 17.8 Å². The summed E-state index contributed by atoms with van der Waals surface area (Å²) in [5, 5.41) is 3.45. The van der Waals surface area contributed by atoms with Gasteiger partial charge in [0, 0.05) is 6.54 Å². The molecule has 2 aliphatic rings. The zero-order chi connectivity index (χ0) is 11.5. The summed E-state index contributed by atoms with van der Waals surface area (Å²) in [6.07, 6.45) is 6.17. The van der Waals surface area contributed by atoms with E-state index in [-0.39, 0.29) is 0 Å². The van der Waals surface area contributed by atoms with Crippen LogP contribution in [0, 0.1) is 17.8 Å². The van der Waals surface area contributed by atoms with Gasteiger partial charge >= 0.3 is 0 Å². The molecule has 1 saturated heterocycles. The van der Waals surface area contributed by atoms with Crippen LogP contribution in [0.1, 0.15) is 46.5 Å². The Morgan fingerprint density at radius 3 is 2.31 bits per heavy atom. The van der Waals surface area contributed by atoms with Crippen LogP contribution in [-0.4, -0.2) is 25.3 Å². The maximum atomic E-state index is 6.32. The monoisotopic (exact) mass is 225 g/mol. The molecular weight excluding hydrogens is 198 g/mol. The molecule has 16 heavy (non-hydrogen) atoms. The molecule has 0 bridgehead atoms. The molecule has 0 aromatic carbocycles. The van der Waals surface area contributed by atoms with Gasteiger partial charge in [-0.1, -0.05) is 20.8 Å². The minimum atomic E-state index is 0.455. The van der Waals surface area contributed by atoms with Crippen molar-refractivity contribution in [2.45, 2.75) is 58.7 Å². The van der Waals surface area contributed by atoms with Crippen molar-refractivity contribution in [2.75, 3.05) is 13.1 Å². The van der Waals surface area contributed by atoms with Crippen LogP contribution >= 0.6 is 0 Å². The zero-order valence-electron chi connectivity index (χ0n) is 11.0. The van der Waals surface area contributed by atoms with E-state index < -0.39 is 0 Å². The second-order valence-electron chi connectivity index (χ2n) is 6.18. The maximum absolute atomic E-state index is 6.32. The molecule has 2 heteroatoms. The molecule has 1 aliphatic carbocycles. The van der Waals surface area contributed by atoms with Crippen molar-refractivity contribution in [3.05, 3.63) is 0 Å². The Labute approximate surface area is 100 Å². The fourth-order valence-corrected chi connectivity index (χ4v) is 3.37. The molecule has 2 fully saturated rings. The Hall–Kier alpha value is -0.0800. The van der Waals surface area contributed by atoms with Crippen molar-refractivity contribution in [1.29, 1.82) is 0 Å². The van der Waals surface area contributed by atoms with Crippen molar-refractivity contribution >= 4 is 0 Å². The first-order valence-corrected chi connectivity index (χ1v) is 7.01. The first kappa shape index (κ1) is 12.4. The van der Waals surface area contributed by atoms with Crippen LogP contribution in [0.2, 0.25) is 0 Å². The highest BCUT2D eigenvalue weighted by molar-refractivity contribution is 4.80. The van der Waals surface area contributed by atoms with Crippen LogP contribution in [0.3, 0.4) is 0 Å². The largest absolute Gasteiger partial charge is 0.373 e. The van der Waals surface area contributed by atoms with Crippen LogP contribution in [-0.2, 0) is 4.74 Å². The number of ether oxygens (including phenoxy) is 1. The quantitative estimate of drug-likeness (QED) is 0.780. The van der Waals surface area contributed by atoms with E-state index in [4.69, 9.17) is 4.74 Å². The van der Waals surface area contributed by atoms with Gasteiger partial charge in [0.05, 0.1) is 12.2 Å². The summed E-state index contributed by atoms with van der Waals surface area (Å²) in [5.41, 5.74) is 0. The molecule has 0 amide bonds. The summed E-state index contributed by atoms with van der Waals surface area (Å²) in [4.78, 5) is 0. The van der Waals surface area contributed by atoms with Crippen molar-refractivity contribution in [1.82, 2.24) is 5.32 Å². The van der Waals surface area contributed by atoms with E-state index in [1.807, 2.05) is 0 Å². The molecule has 1 N–H and O–H groups in total. The van der Waals surface area contributed by atoms with Crippen LogP contribution in [0.4, 0.5) is 0 Å². The van der Waals surface area contributed by atoms with Crippen molar-refractivity contribution < 1.29 is 4.74 Å². The van der Waals surface area contributed by atoms with E-state index >= 15 is 0 Å². The van der Waals surface area contributed by atoms with E-state index in [2.05, 4.69) is 26.1 Å². The maximum Gasteiger partial charge on any atom is 0.0729 e. The lowest BCUT2D eigenvalue weighted by atomic mass is 9.81. The summed E-state index contributed by atoms with van der Waals surface area (Å²) in [6, 6.07) is 0. The van der Waals surface area contributed by atoms with Gasteiger partial charge in [-0.15, -0.1) is 0 Å². The third-order valence-electron chi connectivity index (χ3n) is 4.26. The SMILES string of the molecule is CC1CC(C)CC(OC2CNCCC2C)C1. The Bertz CT molecular complexity index is 209. The smallest absolute Gasteiger partial charge is 0.0729 e. The number of nitrogens with one attached hydrogen (secondary N) is 1.